The van der Waals surface area contributed by atoms with E-state index in [1.54, 1.807) is 0 Å². The molecule has 0 aliphatic heterocycles. The van der Waals surface area contributed by atoms with Gasteiger partial charge in [0.15, 0.2) is 0 Å². The van der Waals surface area contributed by atoms with Gasteiger partial charge in [0.2, 0.25) is 0 Å². The molecule has 0 bridgehead atoms. The van der Waals surface area contributed by atoms with Gasteiger partial charge in [-0.3, -0.25) is 0 Å². The van der Waals surface area contributed by atoms with Crippen LogP contribution in [0.1, 0.15) is 29.8 Å². The van der Waals surface area contributed by atoms with Crippen molar-refractivity contribution in [3.8, 4) is 0 Å². The zero-order chi connectivity index (χ0) is 14.8. The monoisotopic (exact) mass is 280 g/mol. The molecule has 4 nitrogen and oxygen atoms in total. The first kappa shape index (κ1) is 13.6. The Morgan fingerprint density at radius 1 is 1.29 bits per heavy atom. The number of benzene rings is 1. The van der Waals surface area contributed by atoms with Gasteiger partial charge in [-0.15, -0.1) is 0 Å². The molecule has 4 heteroatoms. The summed E-state index contributed by atoms with van der Waals surface area (Å²) in [6.07, 6.45) is 3.94. The van der Waals surface area contributed by atoms with E-state index in [4.69, 9.17) is 5.73 Å². The van der Waals surface area contributed by atoms with Crippen LogP contribution in [0.3, 0.4) is 0 Å². The average Bonchev–Trinajstić information content (AvgIpc) is 2.89. The Hall–Kier alpha value is -2.33. The van der Waals surface area contributed by atoms with E-state index in [0.29, 0.717) is 0 Å². The molecule has 1 atom stereocenters. The Kier molecular flexibility index (Phi) is 3.62. The van der Waals surface area contributed by atoms with Gasteiger partial charge in [0, 0.05) is 17.9 Å². The topological polar surface area (TPSA) is 55.3 Å². The number of rotatable bonds is 4. The maximum atomic E-state index is 5.96. The van der Waals surface area contributed by atoms with Gasteiger partial charge < -0.3 is 15.5 Å². The number of hydrogen-bond acceptors (Lipinski definition) is 3. The average molecular weight is 280 g/mol. The summed E-state index contributed by atoms with van der Waals surface area (Å²) in [6, 6.07) is 12.4. The third-order valence-electron chi connectivity index (χ3n) is 3.74. The Morgan fingerprint density at radius 2 is 2.14 bits per heavy atom. The molecule has 0 radical (unpaired) electrons. The van der Waals surface area contributed by atoms with Crippen LogP contribution in [0.5, 0.6) is 0 Å². The largest absolute Gasteiger partial charge is 0.379 e. The van der Waals surface area contributed by atoms with Gasteiger partial charge in [0.05, 0.1) is 18.4 Å². The van der Waals surface area contributed by atoms with Crippen molar-refractivity contribution in [1.82, 2.24) is 9.38 Å². The van der Waals surface area contributed by atoms with Crippen molar-refractivity contribution in [1.29, 1.82) is 0 Å². The van der Waals surface area contributed by atoms with E-state index >= 15 is 0 Å². The molecule has 3 N–H and O–H groups in total. The number of pyridine rings is 1. The number of anilines is 1. The van der Waals surface area contributed by atoms with E-state index in [1.807, 2.05) is 37.5 Å². The predicted octanol–water partition coefficient (Wildman–Crippen LogP) is 3.27. The van der Waals surface area contributed by atoms with Gasteiger partial charge in [-0.05, 0) is 43.2 Å². The van der Waals surface area contributed by atoms with Crippen LogP contribution in [0.15, 0.2) is 48.8 Å². The fourth-order valence-corrected chi connectivity index (χ4v) is 2.41. The second-order valence-electron chi connectivity index (χ2n) is 5.39. The SMILES string of the molecule is Cc1ccc(C(C)N)cc1NCc1cnc2ccccn12. The van der Waals surface area contributed by atoms with Crippen LogP contribution in [0.25, 0.3) is 5.65 Å². The third kappa shape index (κ3) is 2.76. The standard InChI is InChI=1S/C17H20N4/c1-12-6-7-14(13(2)18)9-16(12)19-10-15-11-20-17-5-3-4-8-21(15)17/h3-9,11,13,19H,10,18H2,1-2H3. The first-order chi connectivity index (χ1) is 10.1. The minimum absolute atomic E-state index is 0.0435. The van der Waals surface area contributed by atoms with Crippen LogP contribution < -0.4 is 11.1 Å². The number of imidazole rings is 1. The van der Waals surface area contributed by atoms with Gasteiger partial charge >= 0.3 is 0 Å². The van der Waals surface area contributed by atoms with Crippen LogP contribution >= 0.6 is 0 Å². The van der Waals surface area contributed by atoms with Gasteiger partial charge in [-0.25, -0.2) is 4.98 Å². The van der Waals surface area contributed by atoms with E-state index in [-0.39, 0.29) is 6.04 Å². The minimum Gasteiger partial charge on any atom is -0.379 e. The molecular formula is C17H20N4. The van der Waals surface area contributed by atoms with Crippen LogP contribution in [-0.4, -0.2) is 9.38 Å². The van der Waals surface area contributed by atoms with Crippen molar-refractivity contribution in [2.45, 2.75) is 26.4 Å². The summed E-state index contributed by atoms with van der Waals surface area (Å²) in [7, 11) is 0. The second-order valence-corrected chi connectivity index (χ2v) is 5.39. The number of aryl methyl sites for hydroxylation is 1. The van der Waals surface area contributed by atoms with Crippen molar-refractivity contribution >= 4 is 11.3 Å². The number of fused-ring (bicyclic) bond motifs is 1. The minimum atomic E-state index is 0.0435. The molecule has 0 fully saturated rings. The van der Waals surface area contributed by atoms with Crippen molar-refractivity contribution in [3.63, 3.8) is 0 Å². The maximum Gasteiger partial charge on any atom is 0.136 e. The molecule has 3 aromatic rings. The lowest BCUT2D eigenvalue weighted by Crippen LogP contribution is -2.08. The Morgan fingerprint density at radius 3 is 2.95 bits per heavy atom. The number of aromatic nitrogens is 2. The first-order valence-electron chi connectivity index (χ1n) is 7.16. The quantitative estimate of drug-likeness (QED) is 0.771. The van der Waals surface area contributed by atoms with Crippen molar-refractivity contribution < 1.29 is 0 Å². The zero-order valence-electron chi connectivity index (χ0n) is 12.4. The molecule has 1 unspecified atom stereocenters. The van der Waals surface area contributed by atoms with Crippen LogP contribution in [0, 0.1) is 6.92 Å². The van der Waals surface area contributed by atoms with Crippen LogP contribution in [0.2, 0.25) is 0 Å². The van der Waals surface area contributed by atoms with Crippen molar-refractivity contribution in [3.05, 3.63) is 65.6 Å². The van der Waals surface area contributed by atoms with Crippen LogP contribution in [-0.2, 0) is 6.54 Å². The molecule has 0 amide bonds. The second kappa shape index (κ2) is 5.58. The lowest BCUT2D eigenvalue weighted by atomic mass is 10.1. The fraction of sp³-hybridized carbons (Fsp3) is 0.235. The highest BCUT2D eigenvalue weighted by molar-refractivity contribution is 5.53. The molecular weight excluding hydrogens is 260 g/mol. The predicted molar refractivity (Wildman–Crippen MR) is 86.3 cm³/mol. The van der Waals surface area contributed by atoms with E-state index < -0.39 is 0 Å². The molecule has 3 rings (SSSR count). The molecule has 0 saturated carbocycles. The molecule has 0 saturated heterocycles. The summed E-state index contributed by atoms with van der Waals surface area (Å²) in [5.41, 5.74) is 11.5. The normalized spacial score (nSPS) is 12.5. The number of nitrogens with zero attached hydrogens (tertiary/aromatic N) is 2. The summed E-state index contributed by atoms with van der Waals surface area (Å²) in [5, 5.41) is 3.49. The Bertz CT molecular complexity index is 758. The molecule has 21 heavy (non-hydrogen) atoms. The lowest BCUT2D eigenvalue weighted by Gasteiger charge is -2.13. The molecule has 0 aliphatic rings. The first-order valence-corrected chi connectivity index (χ1v) is 7.16. The van der Waals surface area contributed by atoms with Gasteiger partial charge in [0.25, 0.3) is 0 Å². The maximum absolute atomic E-state index is 5.96. The van der Waals surface area contributed by atoms with Gasteiger partial charge in [-0.1, -0.05) is 18.2 Å². The summed E-state index contributed by atoms with van der Waals surface area (Å²) in [4.78, 5) is 4.40. The van der Waals surface area contributed by atoms with E-state index in [0.717, 1.165) is 29.1 Å². The summed E-state index contributed by atoms with van der Waals surface area (Å²) in [5.74, 6) is 0. The molecule has 2 aromatic heterocycles. The van der Waals surface area contributed by atoms with E-state index in [2.05, 4.69) is 39.8 Å². The molecule has 1 aromatic carbocycles. The summed E-state index contributed by atoms with van der Waals surface area (Å²) >= 11 is 0. The summed E-state index contributed by atoms with van der Waals surface area (Å²) < 4.78 is 2.09. The van der Waals surface area contributed by atoms with Crippen molar-refractivity contribution in [2.75, 3.05) is 5.32 Å². The van der Waals surface area contributed by atoms with E-state index in [1.165, 1.54) is 5.56 Å². The third-order valence-corrected chi connectivity index (χ3v) is 3.74. The highest BCUT2D eigenvalue weighted by Crippen LogP contribution is 2.21. The highest BCUT2D eigenvalue weighted by atomic mass is 15.0. The molecule has 108 valence electrons. The molecule has 0 spiro atoms. The zero-order valence-corrected chi connectivity index (χ0v) is 12.4. The smallest absolute Gasteiger partial charge is 0.136 e. The summed E-state index contributed by atoms with van der Waals surface area (Å²) in [6.45, 7) is 4.83. The number of nitrogens with two attached hydrogens (primary N) is 1. The molecule has 2 heterocycles. The fourth-order valence-electron chi connectivity index (χ4n) is 2.41. The molecule has 0 aliphatic carbocycles. The van der Waals surface area contributed by atoms with Gasteiger partial charge in [-0.2, -0.15) is 0 Å². The van der Waals surface area contributed by atoms with E-state index in [9.17, 15) is 0 Å². The lowest BCUT2D eigenvalue weighted by molar-refractivity contribution is 0.817. The van der Waals surface area contributed by atoms with Gasteiger partial charge in [0.1, 0.15) is 5.65 Å². The van der Waals surface area contributed by atoms with Crippen LogP contribution in [0.4, 0.5) is 5.69 Å². The Balaban J connectivity index is 1.83. The Labute approximate surface area is 124 Å². The van der Waals surface area contributed by atoms with Crippen molar-refractivity contribution in [2.24, 2.45) is 5.73 Å². The number of hydrogen-bond donors (Lipinski definition) is 2. The highest BCUT2D eigenvalue weighted by Gasteiger charge is 2.06. The number of nitrogens with one attached hydrogen (secondary N) is 1.